The number of hydrogen-bond donors (Lipinski definition) is 0. The standard InChI is InChI=1S/C15H13ClO/c1-17-14-9-7-12(8-10-14)11-15(16)13-5-3-2-4-6-13/h2-11H,1H3/b15-11-. The van der Waals surface area contributed by atoms with Gasteiger partial charge in [0.25, 0.3) is 0 Å². The molecule has 2 aromatic rings. The van der Waals surface area contributed by atoms with Gasteiger partial charge in [-0.2, -0.15) is 0 Å². The fraction of sp³-hybridized carbons (Fsp3) is 0.0667. The van der Waals surface area contributed by atoms with Gasteiger partial charge >= 0.3 is 0 Å². The van der Waals surface area contributed by atoms with E-state index in [1.54, 1.807) is 7.11 Å². The molecule has 0 radical (unpaired) electrons. The Hall–Kier alpha value is -1.73. The van der Waals surface area contributed by atoms with E-state index in [2.05, 4.69) is 0 Å². The van der Waals surface area contributed by atoms with E-state index in [4.69, 9.17) is 16.3 Å². The van der Waals surface area contributed by atoms with Crippen LogP contribution in [-0.2, 0) is 0 Å². The van der Waals surface area contributed by atoms with Gasteiger partial charge in [0.2, 0.25) is 0 Å². The molecule has 0 aliphatic carbocycles. The van der Waals surface area contributed by atoms with E-state index >= 15 is 0 Å². The van der Waals surface area contributed by atoms with Crippen LogP contribution in [-0.4, -0.2) is 7.11 Å². The van der Waals surface area contributed by atoms with Crippen molar-refractivity contribution in [3.05, 3.63) is 65.7 Å². The number of halogens is 1. The molecular weight excluding hydrogens is 232 g/mol. The van der Waals surface area contributed by atoms with Crippen molar-refractivity contribution in [3.8, 4) is 5.75 Å². The van der Waals surface area contributed by atoms with Crippen LogP contribution in [0.15, 0.2) is 54.6 Å². The van der Waals surface area contributed by atoms with Crippen LogP contribution in [0.2, 0.25) is 0 Å². The Labute approximate surface area is 106 Å². The van der Waals surface area contributed by atoms with Crippen molar-refractivity contribution in [1.82, 2.24) is 0 Å². The first kappa shape index (κ1) is 11.7. The topological polar surface area (TPSA) is 9.23 Å². The van der Waals surface area contributed by atoms with E-state index in [0.29, 0.717) is 0 Å². The molecule has 0 bridgehead atoms. The molecule has 17 heavy (non-hydrogen) atoms. The first-order valence-corrected chi connectivity index (χ1v) is 5.74. The van der Waals surface area contributed by atoms with Gasteiger partial charge in [-0.3, -0.25) is 0 Å². The Balaban J connectivity index is 2.23. The lowest BCUT2D eigenvalue weighted by molar-refractivity contribution is 0.415. The van der Waals surface area contributed by atoms with Crippen LogP contribution in [0.4, 0.5) is 0 Å². The molecule has 0 atom stereocenters. The van der Waals surface area contributed by atoms with Crippen LogP contribution in [0, 0.1) is 0 Å². The molecule has 0 N–H and O–H groups in total. The maximum Gasteiger partial charge on any atom is 0.118 e. The molecule has 2 aromatic carbocycles. The predicted molar refractivity (Wildman–Crippen MR) is 73.2 cm³/mol. The lowest BCUT2D eigenvalue weighted by Crippen LogP contribution is -1.82. The van der Waals surface area contributed by atoms with Gasteiger partial charge in [0.15, 0.2) is 0 Å². The number of methoxy groups -OCH3 is 1. The second-order valence-electron chi connectivity index (χ2n) is 3.63. The molecule has 0 aliphatic heterocycles. The zero-order valence-electron chi connectivity index (χ0n) is 9.56. The molecular formula is C15H13ClO. The summed E-state index contributed by atoms with van der Waals surface area (Å²) in [6.45, 7) is 0. The van der Waals surface area contributed by atoms with Crippen molar-refractivity contribution in [2.24, 2.45) is 0 Å². The van der Waals surface area contributed by atoms with Crippen molar-refractivity contribution in [3.63, 3.8) is 0 Å². The molecule has 0 saturated heterocycles. The summed E-state index contributed by atoms with van der Waals surface area (Å²) in [5.41, 5.74) is 2.07. The van der Waals surface area contributed by atoms with Crippen LogP contribution in [0.5, 0.6) is 5.75 Å². The molecule has 0 unspecified atom stereocenters. The normalized spacial score (nSPS) is 11.3. The third kappa shape index (κ3) is 3.11. The minimum absolute atomic E-state index is 0.732. The Bertz CT molecular complexity index is 500. The summed E-state index contributed by atoms with van der Waals surface area (Å²) in [7, 11) is 1.65. The van der Waals surface area contributed by atoms with E-state index in [1.165, 1.54) is 0 Å². The summed E-state index contributed by atoms with van der Waals surface area (Å²) in [6, 6.07) is 17.7. The molecule has 1 nitrogen and oxygen atoms in total. The van der Waals surface area contributed by atoms with Crippen molar-refractivity contribution >= 4 is 22.7 Å². The Morgan fingerprint density at radius 3 is 2.24 bits per heavy atom. The average Bonchev–Trinajstić information content (AvgIpc) is 2.40. The van der Waals surface area contributed by atoms with Gasteiger partial charge in [-0.15, -0.1) is 0 Å². The number of rotatable bonds is 3. The van der Waals surface area contributed by atoms with Gasteiger partial charge in [-0.25, -0.2) is 0 Å². The van der Waals surface area contributed by atoms with Gasteiger partial charge in [0.1, 0.15) is 5.75 Å². The van der Waals surface area contributed by atoms with Crippen molar-refractivity contribution in [2.75, 3.05) is 7.11 Å². The Morgan fingerprint density at radius 2 is 1.65 bits per heavy atom. The molecule has 0 amide bonds. The predicted octanol–water partition coefficient (Wildman–Crippen LogP) is 4.43. The molecule has 0 spiro atoms. The van der Waals surface area contributed by atoms with Crippen molar-refractivity contribution < 1.29 is 4.74 Å². The van der Waals surface area contributed by atoms with Gasteiger partial charge < -0.3 is 4.74 Å². The van der Waals surface area contributed by atoms with Crippen LogP contribution in [0.3, 0.4) is 0 Å². The summed E-state index contributed by atoms with van der Waals surface area (Å²) in [5, 5.41) is 0.732. The summed E-state index contributed by atoms with van der Waals surface area (Å²) in [5.74, 6) is 0.845. The highest BCUT2D eigenvalue weighted by Gasteiger charge is 1.97. The zero-order valence-corrected chi connectivity index (χ0v) is 10.3. The molecule has 0 aromatic heterocycles. The van der Waals surface area contributed by atoms with Gasteiger partial charge in [-0.05, 0) is 29.3 Å². The highest BCUT2D eigenvalue weighted by molar-refractivity contribution is 6.51. The van der Waals surface area contributed by atoms with E-state index in [1.807, 2.05) is 60.7 Å². The molecule has 86 valence electrons. The SMILES string of the molecule is COc1ccc(/C=C(\Cl)c2ccccc2)cc1. The molecule has 0 fully saturated rings. The third-order valence-electron chi connectivity index (χ3n) is 2.46. The smallest absolute Gasteiger partial charge is 0.118 e. The van der Waals surface area contributed by atoms with Crippen LogP contribution in [0.1, 0.15) is 11.1 Å². The summed E-state index contributed by atoms with van der Waals surface area (Å²) < 4.78 is 5.11. The third-order valence-corrected chi connectivity index (χ3v) is 2.79. The molecule has 0 saturated carbocycles. The lowest BCUT2D eigenvalue weighted by Gasteiger charge is -2.01. The Kier molecular flexibility index (Phi) is 3.84. The second-order valence-corrected chi connectivity index (χ2v) is 4.04. The van der Waals surface area contributed by atoms with Gasteiger partial charge in [0.05, 0.1) is 7.11 Å². The Morgan fingerprint density at radius 1 is 1.00 bits per heavy atom. The maximum atomic E-state index is 6.24. The van der Waals surface area contributed by atoms with E-state index in [-0.39, 0.29) is 0 Å². The second kappa shape index (κ2) is 5.55. The summed E-state index contributed by atoms with van der Waals surface area (Å²) in [6.07, 6.45) is 1.94. The monoisotopic (exact) mass is 244 g/mol. The molecule has 2 rings (SSSR count). The average molecular weight is 245 g/mol. The van der Waals surface area contributed by atoms with Crippen molar-refractivity contribution in [1.29, 1.82) is 0 Å². The maximum absolute atomic E-state index is 6.24. The molecule has 0 aliphatic rings. The first-order valence-electron chi connectivity index (χ1n) is 5.36. The quantitative estimate of drug-likeness (QED) is 0.726. The van der Waals surface area contributed by atoms with Crippen LogP contribution < -0.4 is 4.74 Å². The van der Waals surface area contributed by atoms with Crippen LogP contribution >= 0.6 is 11.6 Å². The number of ether oxygens (including phenoxy) is 1. The fourth-order valence-electron chi connectivity index (χ4n) is 1.53. The van der Waals surface area contributed by atoms with Gasteiger partial charge in [0, 0.05) is 5.03 Å². The number of benzene rings is 2. The zero-order chi connectivity index (χ0) is 12.1. The van der Waals surface area contributed by atoms with E-state index < -0.39 is 0 Å². The van der Waals surface area contributed by atoms with Gasteiger partial charge in [-0.1, -0.05) is 54.1 Å². The lowest BCUT2D eigenvalue weighted by atomic mass is 10.1. The molecule has 2 heteroatoms. The minimum atomic E-state index is 0.732. The van der Waals surface area contributed by atoms with Crippen molar-refractivity contribution in [2.45, 2.75) is 0 Å². The first-order chi connectivity index (χ1) is 8.29. The van der Waals surface area contributed by atoms with Crippen LogP contribution in [0.25, 0.3) is 11.1 Å². The van der Waals surface area contributed by atoms with E-state index in [0.717, 1.165) is 21.9 Å². The molecule has 0 heterocycles. The summed E-state index contributed by atoms with van der Waals surface area (Å²) in [4.78, 5) is 0. The largest absolute Gasteiger partial charge is 0.497 e. The highest BCUT2D eigenvalue weighted by Crippen LogP contribution is 2.22. The minimum Gasteiger partial charge on any atom is -0.497 e. The highest BCUT2D eigenvalue weighted by atomic mass is 35.5. The van der Waals surface area contributed by atoms with E-state index in [9.17, 15) is 0 Å². The fourth-order valence-corrected chi connectivity index (χ4v) is 1.78. The summed E-state index contributed by atoms with van der Waals surface area (Å²) >= 11 is 6.24. The number of hydrogen-bond acceptors (Lipinski definition) is 1.